The maximum absolute atomic E-state index is 11.8. The number of hydrogen-bond acceptors (Lipinski definition) is 6. The molecule has 0 spiro atoms. The van der Waals surface area contributed by atoms with Crippen molar-refractivity contribution in [1.29, 1.82) is 0 Å². The number of esters is 1. The number of aliphatic hydroxyl groups excluding tert-OH is 3. The first-order chi connectivity index (χ1) is 10.4. The minimum Gasteiger partial charge on any atom is -0.459 e. The first-order valence-electron chi connectivity index (χ1n) is 7.58. The lowest BCUT2D eigenvalue weighted by Crippen LogP contribution is -2.44. The van der Waals surface area contributed by atoms with Crippen LogP contribution in [0.3, 0.4) is 0 Å². The van der Waals surface area contributed by atoms with Crippen LogP contribution in [0.15, 0.2) is 12.2 Å². The fraction of sp³-hybridized carbons (Fsp3) is 0.733. The highest BCUT2D eigenvalue weighted by Gasteiger charge is 2.31. The van der Waals surface area contributed by atoms with Crippen LogP contribution < -0.4 is 5.32 Å². The van der Waals surface area contributed by atoms with E-state index in [-0.39, 0.29) is 12.8 Å². The molecular formula is C15H25NO6. The number of allylic oxidation sites excluding steroid dienone is 1. The number of carbonyl (C=O) groups excluding carboxylic acids is 2. The number of hydrogen-bond donors (Lipinski definition) is 4. The molecule has 0 saturated heterocycles. The Labute approximate surface area is 130 Å². The third kappa shape index (κ3) is 6.55. The van der Waals surface area contributed by atoms with Crippen LogP contribution in [-0.4, -0.2) is 58.2 Å². The lowest BCUT2D eigenvalue weighted by atomic mass is 10.0. The molecule has 0 aliphatic carbocycles. The van der Waals surface area contributed by atoms with Crippen LogP contribution in [0.25, 0.3) is 0 Å². The molecule has 1 rings (SSSR count). The average molecular weight is 315 g/mol. The van der Waals surface area contributed by atoms with Crippen LogP contribution in [0.1, 0.15) is 39.0 Å². The zero-order valence-corrected chi connectivity index (χ0v) is 12.8. The normalized spacial score (nSPS) is 29.6. The second-order valence-electron chi connectivity index (χ2n) is 5.47. The van der Waals surface area contributed by atoms with E-state index in [9.17, 15) is 24.9 Å². The second kappa shape index (κ2) is 9.55. The fourth-order valence-electron chi connectivity index (χ4n) is 2.13. The molecule has 4 atom stereocenters. The van der Waals surface area contributed by atoms with Gasteiger partial charge in [0.2, 0.25) is 5.91 Å². The molecule has 7 nitrogen and oxygen atoms in total. The highest BCUT2D eigenvalue weighted by atomic mass is 16.6. The molecule has 0 aromatic carbocycles. The van der Waals surface area contributed by atoms with E-state index in [0.29, 0.717) is 13.0 Å². The molecule has 0 aromatic rings. The van der Waals surface area contributed by atoms with Crippen LogP contribution in [0.5, 0.6) is 0 Å². The van der Waals surface area contributed by atoms with Gasteiger partial charge in [-0.3, -0.25) is 9.59 Å². The first kappa shape index (κ1) is 18.6. The predicted molar refractivity (Wildman–Crippen MR) is 78.8 cm³/mol. The van der Waals surface area contributed by atoms with Gasteiger partial charge in [-0.25, -0.2) is 0 Å². The Bertz CT molecular complexity index is 395. The van der Waals surface area contributed by atoms with Crippen molar-refractivity contribution in [2.24, 2.45) is 0 Å². The summed E-state index contributed by atoms with van der Waals surface area (Å²) in [5, 5.41) is 31.7. The largest absolute Gasteiger partial charge is 0.459 e. The Morgan fingerprint density at radius 1 is 1.27 bits per heavy atom. The number of amides is 1. The highest BCUT2D eigenvalue weighted by molar-refractivity contribution is 5.80. The summed E-state index contributed by atoms with van der Waals surface area (Å²) in [6, 6.07) is 0. The van der Waals surface area contributed by atoms with Gasteiger partial charge in [-0.1, -0.05) is 12.2 Å². The number of nitrogens with one attached hydrogen (secondary N) is 1. The quantitative estimate of drug-likeness (QED) is 0.408. The smallest absolute Gasteiger partial charge is 0.306 e. The molecule has 0 aromatic heterocycles. The number of aliphatic hydroxyl groups is 3. The molecule has 0 radical (unpaired) electrons. The lowest BCUT2D eigenvalue weighted by molar-refractivity contribution is -0.163. The van der Waals surface area contributed by atoms with Crippen molar-refractivity contribution >= 4 is 11.9 Å². The van der Waals surface area contributed by atoms with Gasteiger partial charge in [-0.15, -0.1) is 0 Å². The minimum absolute atomic E-state index is 0.194. The first-order valence-corrected chi connectivity index (χ1v) is 7.58. The standard InChI is InChI=1S/C15H25NO6/c1-10(17)14(20)12-9-11(18)15(21)16-8-6-4-2-3-5-7-13(19)22-12/h4,6,10-12,14,17-18,20H,2-3,5,7-9H2,1H3,(H,16,21)/b6-4+/t10-,11+,12?,14?/m1/s1. The Kier molecular flexibility index (Phi) is 8.08. The van der Waals surface area contributed by atoms with Gasteiger partial charge in [0.1, 0.15) is 18.3 Å². The highest BCUT2D eigenvalue weighted by Crippen LogP contribution is 2.14. The monoisotopic (exact) mass is 315 g/mol. The molecule has 1 aliphatic heterocycles. The Morgan fingerprint density at radius 3 is 2.68 bits per heavy atom. The van der Waals surface area contributed by atoms with E-state index in [4.69, 9.17) is 4.74 Å². The Morgan fingerprint density at radius 2 is 2.00 bits per heavy atom. The van der Waals surface area contributed by atoms with Crippen LogP contribution in [0.4, 0.5) is 0 Å². The van der Waals surface area contributed by atoms with Gasteiger partial charge in [0.15, 0.2) is 0 Å². The van der Waals surface area contributed by atoms with Crippen LogP contribution in [-0.2, 0) is 14.3 Å². The zero-order valence-electron chi connectivity index (χ0n) is 12.8. The average Bonchev–Trinajstić information content (AvgIpc) is 2.47. The Hall–Kier alpha value is -1.44. The van der Waals surface area contributed by atoms with Crippen LogP contribution in [0, 0.1) is 0 Å². The van der Waals surface area contributed by atoms with Crippen molar-refractivity contribution in [3.05, 3.63) is 12.2 Å². The maximum atomic E-state index is 11.8. The molecule has 7 heteroatoms. The summed E-state index contributed by atoms with van der Waals surface area (Å²) in [6.07, 6.45) is 0.795. The number of cyclic esters (lactones) is 1. The van der Waals surface area contributed by atoms with Gasteiger partial charge in [0, 0.05) is 19.4 Å². The van der Waals surface area contributed by atoms with Gasteiger partial charge in [0.25, 0.3) is 0 Å². The van der Waals surface area contributed by atoms with Crippen molar-refractivity contribution < 1.29 is 29.6 Å². The topological polar surface area (TPSA) is 116 Å². The summed E-state index contributed by atoms with van der Waals surface area (Å²) >= 11 is 0. The maximum Gasteiger partial charge on any atom is 0.306 e. The molecular weight excluding hydrogens is 290 g/mol. The van der Waals surface area contributed by atoms with Crippen molar-refractivity contribution in [2.75, 3.05) is 6.54 Å². The molecule has 4 N–H and O–H groups in total. The van der Waals surface area contributed by atoms with Gasteiger partial charge < -0.3 is 25.4 Å². The predicted octanol–water partition coefficient (Wildman–Crippen LogP) is -0.363. The number of carbonyl (C=O) groups is 2. The van der Waals surface area contributed by atoms with Crippen molar-refractivity contribution in [2.45, 2.75) is 63.4 Å². The van der Waals surface area contributed by atoms with E-state index in [0.717, 1.165) is 12.8 Å². The van der Waals surface area contributed by atoms with Crippen molar-refractivity contribution in [3.8, 4) is 0 Å². The SMILES string of the molecule is C[C@@H](O)C(O)C1C[C@H](O)C(=O)NC/C=C/CCCCC(=O)O1. The number of rotatable bonds is 2. The molecule has 0 fully saturated rings. The molecule has 1 heterocycles. The second-order valence-corrected chi connectivity index (χ2v) is 5.47. The zero-order chi connectivity index (χ0) is 16.5. The van der Waals surface area contributed by atoms with Gasteiger partial charge in [0.05, 0.1) is 6.10 Å². The number of ether oxygens (including phenoxy) is 1. The molecule has 22 heavy (non-hydrogen) atoms. The van der Waals surface area contributed by atoms with Crippen molar-refractivity contribution in [1.82, 2.24) is 5.32 Å². The summed E-state index contributed by atoms with van der Waals surface area (Å²) in [5.74, 6) is -1.13. The summed E-state index contributed by atoms with van der Waals surface area (Å²) in [7, 11) is 0. The van der Waals surface area contributed by atoms with Gasteiger partial charge in [-0.05, 0) is 26.2 Å². The summed E-state index contributed by atoms with van der Waals surface area (Å²) < 4.78 is 5.13. The lowest BCUT2D eigenvalue weighted by Gasteiger charge is -2.26. The third-order valence-corrected chi connectivity index (χ3v) is 3.48. The summed E-state index contributed by atoms with van der Waals surface area (Å²) in [5.41, 5.74) is 0. The summed E-state index contributed by atoms with van der Waals surface area (Å²) in [6.45, 7) is 1.65. The molecule has 1 amide bonds. The molecule has 2 unspecified atom stereocenters. The van der Waals surface area contributed by atoms with E-state index in [1.54, 1.807) is 6.08 Å². The van der Waals surface area contributed by atoms with Gasteiger partial charge >= 0.3 is 5.97 Å². The molecule has 0 bridgehead atoms. The Balaban J connectivity index is 2.78. The third-order valence-electron chi connectivity index (χ3n) is 3.48. The molecule has 0 saturated carbocycles. The minimum atomic E-state index is -1.43. The van der Waals surface area contributed by atoms with E-state index in [1.165, 1.54) is 6.92 Å². The molecule has 1 aliphatic rings. The molecule has 126 valence electrons. The van der Waals surface area contributed by atoms with Crippen LogP contribution >= 0.6 is 0 Å². The summed E-state index contributed by atoms with van der Waals surface area (Å²) in [4.78, 5) is 23.5. The van der Waals surface area contributed by atoms with Crippen molar-refractivity contribution in [3.63, 3.8) is 0 Å². The van der Waals surface area contributed by atoms with E-state index in [1.807, 2.05) is 6.08 Å². The fourth-order valence-corrected chi connectivity index (χ4v) is 2.13. The van der Waals surface area contributed by atoms with Crippen LogP contribution in [0.2, 0.25) is 0 Å². The van der Waals surface area contributed by atoms with Gasteiger partial charge in [-0.2, -0.15) is 0 Å². The van der Waals surface area contributed by atoms with E-state index >= 15 is 0 Å². The van der Waals surface area contributed by atoms with E-state index in [2.05, 4.69) is 5.32 Å². The van der Waals surface area contributed by atoms with E-state index < -0.39 is 36.3 Å².